The maximum Gasteiger partial charge on any atom is 0.319 e. The molecule has 0 radical (unpaired) electrons. The predicted molar refractivity (Wildman–Crippen MR) is 85.1 cm³/mol. The van der Waals surface area contributed by atoms with Crippen LogP contribution < -0.4 is 10.6 Å². The van der Waals surface area contributed by atoms with E-state index < -0.39 is 11.0 Å². The molecular weight excluding hydrogens is 306 g/mol. The summed E-state index contributed by atoms with van der Waals surface area (Å²) in [6.45, 7) is 2.06. The number of carbonyl (C=O) groups excluding carboxylic acids is 1. The van der Waals surface area contributed by atoms with Gasteiger partial charge in [-0.2, -0.15) is 0 Å². The van der Waals surface area contributed by atoms with Gasteiger partial charge in [0.2, 0.25) is 0 Å². The largest absolute Gasteiger partial charge is 0.334 e. The standard InChI is InChI=1S/C15H14ClN3O3/c1-10-5-6-12(8-14(10)16)18-15(20)17-9-11-3-2-4-13(7-11)19(21)22/h2-8H,9H2,1H3,(H2,17,18,20). The Hall–Kier alpha value is -2.60. The Kier molecular flexibility index (Phi) is 4.95. The number of anilines is 1. The van der Waals surface area contributed by atoms with Gasteiger partial charge in [-0.05, 0) is 30.2 Å². The summed E-state index contributed by atoms with van der Waals surface area (Å²) in [7, 11) is 0. The van der Waals surface area contributed by atoms with E-state index in [1.54, 1.807) is 30.3 Å². The second-order valence-electron chi connectivity index (χ2n) is 4.70. The van der Waals surface area contributed by atoms with Crippen molar-refractivity contribution in [2.24, 2.45) is 0 Å². The lowest BCUT2D eigenvalue weighted by molar-refractivity contribution is -0.384. The zero-order chi connectivity index (χ0) is 16.1. The Morgan fingerprint density at radius 1 is 1.27 bits per heavy atom. The van der Waals surface area contributed by atoms with Gasteiger partial charge in [0.05, 0.1) is 4.92 Å². The van der Waals surface area contributed by atoms with Crippen molar-refractivity contribution in [3.8, 4) is 0 Å². The average Bonchev–Trinajstić information content (AvgIpc) is 2.49. The number of hydrogen-bond donors (Lipinski definition) is 2. The highest BCUT2D eigenvalue weighted by Gasteiger charge is 2.07. The fourth-order valence-electron chi connectivity index (χ4n) is 1.81. The molecule has 0 saturated heterocycles. The molecule has 0 fully saturated rings. The zero-order valence-corrected chi connectivity index (χ0v) is 12.6. The first-order valence-corrected chi connectivity index (χ1v) is 6.88. The molecule has 114 valence electrons. The summed E-state index contributed by atoms with van der Waals surface area (Å²) in [6, 6.07) is 10.9. The van der Waals surface area contributed by atoms with Crippen molar-refractivity contribution in [2.45, 2.75) is 13.5 Å². The summed E-state index contributed by atoms with van der Waals surface area (Å²) < 4.78 is 0. The molecule has 2 amide bonds. The van der Waals surface area contributed by atoms with Gasteiger partial charge in [-0.1, -0.05) is 29.8 Å². The fourth-order valence-corrected chi connectivity index (χ4v) is 1.99. The highest BCUT2D eigenvalue weighted by atomic mass is 35.5. The van der Waals surface area contributed by atoms with Crippen LogP contribution in [0, 0.1) is 17.0 Å². The highest BCUT2D eigenvalue weighted by molar-refractivity contribution is 6.31. The van der Waals surface area contributed by atoms with E-state index in [1.807, 2.05) is 6.92 Å². The van der Waals surface area contributed by atoms with Crippen molar-refractivity contribution in [1.82, 2.24) is 5.32 Å². The van der Waals surface area contributed by atoms with Gasteiger partial charge in [0.1, 0.15) is 0 Å². The van der Waals surface area contributed by atoms with E-state index in [2.05, 4.69) is 10.6 Å². The topological polar surface area (TPSA) is 84.3 Å². The Balaban J connectivity index is 1.94. The van der Waals surface area contributed by atoms with Crippen LogP contribution in [-0.4, -0.2) is 11.0 Å². The van der Waals surface area contributed by atoms with Crippen LogP contribution in [0.4, 0.5) is 16.2 Å². The summed E-state index contributed by atoms with van der Waals surface area (Å²) in [5, 5.41) is 16.5. The van der Waals surface area contributed by atoms with E-state index in [1.165, 1.54) is 12.1 Å². The number of non-ortho nitro benzene ring substituents is 1. The maximum absolute atomic E-state index is 11.8. The molecule has 0 saturated carbocycles. The van der Waals surface area contributed by atoms with Crippen molar-refractivity contribution in [2.75, 3.05) is 5.32 Å². The first kappa shape index (κ1) is 15.8. The SMILES string of the molecule is Cc1ccc(NC(=O)NCc2cccc([N+](=O)[O-])c2)cc1Cl. The molecule has 0 aliphatic rings. The normalized spacial score (nSPS) is 10.1. The van der Waals surface area contributed by atoms with E-state index in [0.717, 1.165) is 5.56 Å². The summed E-state index contributed by atoms with van der Waals surface area (Å²) >= 11 is 5.98. The number of halogens is 1. The number of urea groups is 1. The minimum Gasteiger partial charge on any atom is -0.334 e. The smallest absolute Gasteiger partial charge is 0.319 e. The molecule has 0 atom stereocenters. The molecule has 7 heteroatoms. The van der Waals surface area contributed by atoms with Crippen LogP contribution in [0.15, 0.2) is 42.5 Å². The summed E-state index contributed by atoms with van der Waals surface area (Å²) in [5.41, 5.74) is 2.13. The third-order valence-electron chi connectivity index (χ3n) is 3.00. The minimum absolute atomic E-state index is 0.00924. The molecule has 2 aromatic rings. The Labute approximate surface area is 132 Å². The fraction of sp³-hybridized carbons (Fsp3) is 0.133. The zero-order valence-electron chi connectivity index (χ0n) is 11.8. The third-order valence-corrected chi connectivity index (χ3v) is 3.41. The van der Waals surface area contributed by atoms with E-state index in [-0.39, 0.29) is 12.2 Å². The Morgan fingerprint density at radius 3 is 2.73 bits per heavy atom. The molecule has 0 heterocycles. The number of rotatable bonds is 4. The second-order valence-corrected chi connectivity index (χ2v) is 5.11. The maximum atomic E-state index is 11.8. The number of hydrogen-bond acceptors (Lipinski definition) is 3. The lowest BCUT2D eigenvalue weighted by atomic mass is 10.2. The van der Waals surface area contributed by atoms with Gasteiger partial charge in [-0.15, -0.1) is 0 Å². The van der Waals surface area contributed by atoms with E-state index in [0.29, 0.717) is 16.3 Å². The molecule has 2 rings (SSSR count). The second kappa shape index (κ2) is 6.91. The number of nitrogens with one attached hydrogen (secondary N) is 2. The quantitative estimate of drug-likeness (QED) is 0.662. The highest BCUT2D eigenvalue weighted by Crippen LogP contribution is 2.19. The minimum atomic E-state index is -0.474. The summed E-state index contributed by atoms with van der Waals surface area (Å²) in [4.78, 5) is 22.0. The molecule has 6 nitrogen and oxygen atoms in total. The molecule has 0 bridgehead atoms. The Morgan fingerprint density at radius 2 is 2.05 bits per heavy atom. The van der Waals surface area contributed by atoms with Gasteiger partial charge >= 0.3 is 6.03 Å². The van der Waals surface area contributed by atoms with Crippen molar-refractivity contribution < 1.29 is 9.72 Å². The van der Waals surface area contributed by atoms with Crippen molar-refractivity contribution in [3.05, 3.63) is 68.7 Å². The monoisotopic (exact) mass is 319 g/mol. The van der Waals surface area contributed by atoms with Crippen LogP contribution in [-0.2, 0) is 6.54 Å². The van der Waals surface area contributed by atoms with Gasteiger partial charge in [0.25, 0.3) is 5.69 Å². The third kappa shape index (κ3) is 4.20. The van der Waals surface area contributed by atoms with Crippen LogP contribution in [0.5, 0.6) is 0 Å². The number of aryl methyl sites for hydroxylation is 1. The summed E-state index contributed by atoms with van der Waals surface area (Å²) in [5.74, 6) is 0. The molecule has 2 N–H and O–H groups in total. The van der Waals surface area contributed by atoms with E-state index in [9.17, 15) is 14.9 Å². The van der Waals surface area contributed by atoms with Gasteiger partial charge < -0.3 is 10.6 Å². The number of nitro benzene ring substituents is 1. The number of carbonyl (C=O) groups is 1. The number of nitrogens with zero attached hydrogens (tertiary/aromatic N) is 1. The molecule has 0 aromatic heterocycles. The Bertz CT molecular complexity index is 719. The van der Waals surface area contributed by atoms with Crippen molar-refractivity contribution >= 4 is 29.0 Å². The molecular formula is C15H14ClN3O3. The van der Waals surface area contributed by atoms with Crippen LogP contribution in [0.3, 0.4) is 0 Å². The molecule has 0 unspecified atom stereocenters. The van der Waals surface area contributed by atoms with Crippen LogP contribution in [0.25, 0.3) is 0 Å². The first-order chi connectivity index (χ1) is 10.5. The molecule has 0 spiro atoms. The lowest BCUT2D eigenvalue weighted by Gasteiger charge is -2.08. The van der Waals surface area contributed by atoms with Gasteiger partial charge in [-0.3, -0.25) is 10.1 Å². The van der Waals surface area contributed by atoms with Crippen LogP contribution in [0.1, 0.15) is 11.1 Å². The first-order valence-electron chi connectivity index (χ1n) is 6.50. The van der Waals surface area contributed by atoms with Gasteiger partial charge in [0, 0.05) is 29.4 Å². The predicted octanol–water partition coefficient (Wildman–Crippen LogP) is 3.88. The van der Waals surface area contributed by atoms with Crippen LogP contribution in [0.2, 0.25) is 5.02 Å². The van der Waals surface area contributed by atoms with Crippen molar-refractivity contribution in [1.29, 1.82) is 0 Å². The molecule has 22 heavy (non-hydrogen) atoms. The summed E-state index contributed by atoms with van der Waals surface area (Å²) in [6.07, 6.45) is 0. The van der Waals surface area contributed by atoms with Gasteiger partial charge in [0.15, 0.2) is 0 Å². The average molecular weight is 320 g/mol. The lowest BCUT2D eigenvalue weighted by Crippen LogP contribution is -2.28. The van der Waals surface area contributed by atoms with Gasteiger partial charge in [-0.25, -0.2) is 4.79 Å². The van der Waals surface area contributed by atoms with Crippen LogP contribution >= 0.6 is 11.6 Å². The molecule has 2 aromatic carbocycles. The number of nitro groups is 1. The number of benzene rings is 2. The van der Waals surface area contributed by atoms with Crippen molar-refractivity contribution in [3.63, 3.8) is 0 Å². The van der Waals surface area contributed by atoms with E-state index >= 15 is 0 Å². The molecule has 0 aliphatic heterocycles. The van der Waals surface area contributed by atoms with E-state index in [4.69, 9.17) is 11.6 Å². The number of amides is 2. The molecule has 0 aliphatic carbocycles.